The van der Waals surface area contributed by atoms with Crippen LogP contribution in [0.3, 0.4) is 0 Å². The summed E-state index contributed by atoms with van der Waals surface area (Å²) in [6.45, 7) is 1.47. The summed E-state index contributed by atoms with van der Waals surface area (Å²) in [5, 5.41) is 13.0. The van der Waals surface area contributed by atoms with Crippen molar-refractivity contribution < 1.29 is 19.3 Å². The van der Waals surface area contributed by atoms with Crippen LogP contribution < -0.4 is 5.32 Å². The van der Waals surface area contributed by atoms with Crippen LogP contribution in [0, 0.1) is 10.1 Å². The third-order valence-electron chi connectivity index (χ3n) is 3.40. The summed E-state index contributed by atoms with van der Waals surface area (Å²) in [5.74, 6) is -1.92. The van der Waals surface area contributed by atoms with Crippen LogP contribution in [-0.4, -0.2) is 44.7 Å². The van der Waals surface area contributed by atoms with Crippen molar-refractivity contribution in [2.45, 2.75) is 19.4 Å². The Morgan fingerprint density at radius 2 is 2.14 bits per heavy atom. The molecule has 1 saturated heterocycles. The summed E-state index contributed by atoms with van der Waals surface area (Å²) in [6.07, 6.45) is 0.345. The molecule has 0 radical (unpaired) electrons. The summed E-state index contributed by atoms with van der Waals surface area (Å²) in [7, 11) is 1.39. The van der Waals surface area contributed by atoms with Gasteiger partial charge in [0.2, 0.25) is 11.8 Å². The molecule has 2 heterocycles. The van der Waals surface area contributed by atoms with Crippen LogP contribution >= 0.6 is 0 Å². The molecule has 3 amide bonds. The van der Waals surface area contributed by atoms with Crippen molar-refractivity contribution in [1.29, 1.82) is 0 Å². The molecule has 1 fully saturated rings. The predicted molar refractivity (Wildman–Crippen MR) is 70.3 cm³/mol. The maximum atomic E-state index is 12.5. The van der Waals surface area contributed by atoms with Gasteiger partial charge in [-0.3, -0.25) is 19.7 Å². The van der Waals surface area contributed by atoms with Crippen LogP contribution in [0.1, 0.15) is 23.8 Å². The second-order valence-corrected chi connectivity index (χ2v) is 4.66. The molecule has 1 unspecified atom stereocenters. The van der Waals surface area contributed by atoms with Crippen LogP contribution in [0.15, 0.2) is 12.1 Å². The zero-order valence-corrected chi connectivity index (χ0v) is 11.5. The van der Waals surface area contributed by atoms with Gasteiger partial charge in [-0.2, -0.15) is 0 Å². The molecule has 0 bridgehead atoms. The van der Waals surface area contributed by atoms with Gasteiger partial charge in [-0.1, -0.05) is 6.92 Å². The van der Waals surface area contributed by atoms with Gasteiger partial charge in [-0.05, 0) is 17.4 Å². The molecule has 9 nitrogen and oxygen atoms in total. The van der Waals surface area contributed by atoms with Gasteiger partial charge >= 0.3 is 5.82 Å². The van der Waals surface area contributed by atoms with E-state index in [0.29, 0.717) is 6.42 Å². The first-order chi connectivity index (χ1) is 9.86. The number of aromatic nitrogens is 1. The molecule has 1 aliphatic rings. The Hall–Kier alpha value is -2.71. The normalized spacial score (nSPS) is 18.6. The summed E-state index contributed by atoms with van der Waals surface area (Å²) in [6, 6.07) is 1.76. The fourth-order valence-corrected chi connectivity index (χ4v) is 2.33. The minimum Gasteiger partial charge on any atom is -0.358 e. The minimum absolute atomic E-state index is 0.0580. The summed E-state index contributed by atoms with van der Waals surface area (Å²) < 4.78 is 1.13. The number of amides is 3. The molecule has 9 heteroatoms. The van der Waals surface area contributed by atoms with Gasteiger partial charge in [0.1, 0.15) is 12.6 Å². The molecule has 0 spiro atoms. The summed E-state index contributed by atoms with van der Waals surface area (Å²) in [4.78, 5) is 47.0. The van der Waals surface area contributed by atoms with Gasteiger partial charge < -0.3 is 15.0 Å². The topological polar surface area (TPSA) is 115 Å². The van der Waals surface area contributed by atoms with Crippen molar-refractivity contribution in [2.24, 2.45) is 7.05 Å². The van der Waals surface area contributed by atoms with E-state index in [0.717, 1.165) is 9.47 Å². The average molecular weight is 294 g/mol. The van der Waals surface area contributed by atoms with E-state index in [-0.39, 0.29) is 18.1 Å². The van der Waals surface area contributed by atoms with Crippen molar-refractivity contribution in [3.05, 3.63) is 27.9 Å². The Kier molecular flexibility index (Phi) is 3.74. The van der Waals surface area contributed by atoms with E-state index in [1.165, 1.54) is 19.2 Å². The van der Waals surface area contributed by atoms with E-state index in [1.54, 1.807) is 6.92 Å². The highest BCUT2D eigenvalue weighted by Gasteiger charge is 2.38. The highest BCUT2D eigenvalue weighted by atomic mass is 16.6. The minimum atomic E-state index is -0.760. The van der Waals surface area contributed by atoms with Crippen molar-refractivity contribution >= 4 is 23.5 Å². The highest BCUT2D eigenvalue weighted by molar-refractivity contribution is 6.06. The fraction of sp³-hybridized carbons (Fsp3) is 0.417. The maximum Gasteiger partial charge on any atom is 0.323 e. The lowest BCUT2D eigenvalue weighted by Gasteiger charge is -2.32. The Labute approximate surface area is 119 Å². The maximum absolute atomic E-state index is 12.5. The van der Waals surface area contributed by atoms with Crippen LogP contribution in [0.5, 0.6) is 0 Å². The van der Waals surface area contributed by atoms with Crippen LogP contribution in [0.2, 0.25) is 0 Å². The number of carbonyl (C=O) groups is 3. The molecule has 2 rings (SSSR count). The number of hydrogen-bond donors (Lipinski definition) is 1. The number of rotatable bonds is 3. The standard InChI is InChI=1S/C12H14N4O5/c1-3-7-11(18)13-9(17)6-15(7)12(19)8-4-5-10(14(8)2)16(20)21/h4-5,7H,3,6H2,1-2H3,(H,13,17,18). The zero-order chi connectivity index (χ0) is 15.7. The average Bonchev–Trinajstić information content (AvgIpc) is 2.79. The molecule has 0 aromatic carbocycles. The van der Waals surface area contributed by atoms with Gasteiger partial charge in [-0.15, -0.1) is 0 Å². The number of imide groups is 1. The summed E-state index contributed by atoms with van der Waals surface area (Å²) >= 11 is 0. The van der Waals surface area contributed by atoms with Crippen molar-refractivity contribution in [3.63, 3.8) is 0 Å². The number of nitrogens with zero attached hydrogens (tertiary/aromatic N) is 3. The molecular weight excluding hydrogens is 280 g/mol. The smallest absolute Gasteiger partial charge is 0.323 e. The van der Waals surface area contributed by atoms with E-state index in [4.69, 9.17) is 0 Å². The second-order valence-electron chi connectivity index (χ2n) is 4.66. The first-order valence-corrected chi connectivity index (χ1v) is 6.31. The van der Waals surface area contributed by atoms with E-state index >= 15 is 0 Å². The molecule has 0 aliphatic carbocycles. The first-order valence-electron chi connectivity index (χ1n) is 6.31. The van der Waals surface area contributed by atoms with E-state index in [2.05, 4.69) is 5.32 Å². The number of hydrogen-bond acceptors (Lipinski definition) is 5. The van der Waals surface area contributed by atoms with Crippen LogP contribution in [0.4, 0.5) is 5.82 Å². The molecule has 1 aromatic heterocycles. The number of piperazine rings is 1. The fourth-order valence-electron chi connectivity index (χ4n) is 2.33. The predicted octanol–water partition coefficient (Wildman–Crippen LogP) is -0.190. The van der Waals surface area contributed by atoms with Gasteiger partial charge in [0.05, 0.1) is 7.05 Å². The molecule has 1 N–H and O–H groups in total. The van der Waals surface area contributed by atoms with Crippen molar-refractivity contribution in [3.8, 4) is 0 Å². The molecule has 1 atom stereocenters. The largest absolute Gasteiger partial charge is 0.358 e. The molecule has 1 aliphatic heterocycles. The van der Waals surface area contributed by atoms with Gasteiger partial charge in [0.15, 0.2) is 5.69 Å². The molecular formula is C12H14N4O5. The lowest BCUT2D eigenvalue weighted by molar-refractivity contribution is -0.391. The van der Waals surface area contributed by atoms with Crippen molar-refractivity contribution in [2.75, 3.05) is 6.54 Å². The van der Waals surface area contributed by atoms with Gasteiger partial charge in [0.25, 0.3) is 5.91 Å². The molecule has 0 saturated carbocycles. The number of nitro groups is 1. The SMILES string of the molecule is CCC1C(=O)NC(=O)CN1C(=O)c1ccc([N+](=O)[O-])n1C. The van der Waals surface area contributed by atoms with E-state index in [1.807, 2.05) is 0 Å². The van der Waals surface area contributed by atoms with Crippen LogP contribution in [0.25, 0.3) is 0 Å². The monoisotopic (exact) mass is 294 g/mol. The van der Waals surface area contributed by atoms with Gasteiger partial charge in [0, 0.05) is 6.07 Å². The molecule has 112 valence electrons. The Morgan fingerprint density at radius 1 is 1.48 bits per heavy atom. The molecule has 1 aromatic rings. The number of carbonyl (C=O) groups excluding carboxylic acids is 3. The first kappa shape index (κ1) is 14.7. The quantitative estimate of drug-likeness (QED) is 0.471. The van der Waals surface area contributed by atoms with E-state index < -0.39 is 28.7 Å². The van der Waals surface area contributed by atoms with Gasteiger partial charge in [-0.25, -0.2) is 4.57 Å². The highest BCUT2D eigenvalue weighted by Crippen LogP contribution is 2.19. The van der Waals surface area contributed by atoms with Crippen molar-refractivity contribution in [1.82, 2.24) is 14.8 Å². The molecule has 21 heavy (non-hydrogen) atoms. The lowest BCUT2D eigenvalue weighted by Crippen LogP contribution is -2.59. The Bertz CT molecular complexity index is 636. The third kappa shape index (κ3) is 2.49. The van der Waals surface area contributed by atoms with E-state index in [9.17, 15) is 24.5 Å². The zero-order valence-electron chi connectivity index (χ0n) is 11.5. The second kappa shape index (κ2) is 5.35. The number of nitrogens with one attached hydrogen (secondary N) is 1. The lowest BCUT2D eigenvalue weighted by atomic mass is 10.1. The van der Waals surface area contributed by atoms with Crippen LogP contribution in [-0.2, 0) is 16.6 Å². The summed E-state index contributed by atoms with van der Waals surface area (Å²) in [5.41, 5.74) is 0.0580. The third-order valence-corrected chi connectivity index (χ3v) is 3.40. The Balaban J connectivity index is 2.36. The Morgan fingerprint density at radius 3 is 2.67 bits per heavy atom.